The Hall–Kier alpha value is -2.06. The molecule has 2 heterocycles. The molecule has 0 amide bonds. The Labute approximate surface area is 79.6 Å². The van der Waals surface area contributed by atoms with Crippen LogP contribution in [-0.4, -0.2) is 21.1 Å². The molecule has 0 bridgehead atoms. The van der Waals surface area contributed by atoms with E-state index in [4.69, 9.17) is 5.73 Å². The molecule has 70 valence electrons. The van der Waals surface area contributed by atoms with Crippen molar-refractivity contribution in [2.75, 3.05) is 6.54 Å². The minimum Gasteiger partial charge on any atom is -0.320 e. The Kier molecular flexibility index (Phi) is 2.05. The van der Waals surface area contributed by atoms with Gasteiger partial charge < -0.3 is 10.7 Å². The molecule has 0 radical (unpaired) electrons. The highest BCUT2D eigenvalue weighted by atomic mass is 16.1. The summed E-state index contributed by atoms with van der Waals surface area (Å²) in [7, 11) is 0. The highest BCUT2D eigenvalue weighted by molar-refractivity contribution is 5.51. The predicted octanol–water partition coefficient (Wildman–Crippen LogP) is -0.667. The molecule has 0 spiro atoms. The maximum absolute atomic E-state index is 11.3. The molecule has 0 saturated carbocycles. The zero-order valence-electron chi connectivity index (χ0n) is 7.32. The number of hydrogen-bond acceptors (Lipinski definition) is 3. The first-order valence-corrected chi connectivity index (χ1v) is 4.06. The number of fused-ring (bicyclic) bond motifs is 1. The van der Waals surface area contributed by atoms with Gasteiger partial charge in [-0.1, -0.05) is 11.8 Å². The van der Waals surface area contributed by atoms with Crippen molar-refractivity contribution in [1.82, 2.24) is 14.6 Å². The van der Waals surface area contributed by atoms with Crippen LogP contribution >= 0.6 is 0 Å². The van der Waals surface area contributed by atoms with Crippen molar-refractivity contribution < 1.29 is 0 Å². The zero-order chi connectivity index (χ0) is 9.97. The van der Waals surface area contributed by atoms with Crippen LogP contribution in [0.4, 0.5) is 0 Å². The van der Waals surface area contributed by atoms with E-state index >= 15 is 0 Å². The smallest absolute Gasteiger partial charge is 0.275 e. The molecule has 0 saturated heterocycles. The molecule has 2 aromatic heterocycles. The fraction of sp³-hybridized carbons (Fsp3) is 0.111. The molecule has 2 aromatic rings. The van der Waals surface area contributed by atoms with E-state index in [0.717, 1.165) is 5.56 Å². The third-order valence-electron chi connectivity index (χ3n) is 1.75. The van der Waals surface area contributed by atoms with Crippen molar-refractivity contribution in [2.24, 2.45) is 5.73 Å². The second kappa shape index (κ2) is 3.36. The van der Waals surface area contributed by atoms with Crippen molar-refractivity contribution in [3.8, 4) is 11.8 Å². The Balaban J connectivity index is 2.63. The van der Waals surface area contributed by atoms with Crippen LogP contribution in [0.2, 0.25) is 0 Å². The Bertz CT molecular complexity index is 569. The summed E-state index contributed by atoms with van der Waals surface area (Å²) < 4.78 is 1.49. The number of aromatic nitrogens is 3. The third kappa shape index (κ3) is 1.39. The summed E-state index contributed by atoms with van der Waals surface area (Å²) in [4.78, 5) is 13.8. The maximum Gasteiger partial charge on any atom is 0.275 e. The standard InChI is InChI=1S/C9H8N4O/c10-3-1-2-7-4-8-9(14)11-6-12-13(8)5-7/h4-6H,3,10H2,(H,11,12,14). The largest absolute Gasteiger partial charge is 0.320 e. The summed E-state index contributed by atoms with van der Waals surface area (Å²) in [6, 6.07) is 1.68. The van der Waals surface area contributed by atoms with Gasteiger partial charge in [0.25, 0.3) is 5.56 Å². The fourth-order valence-corrected chi connectivity index (χ4v) is 1.16. The monoisotopic (exact) mass is 188 g/mol. The topological polar surface area (TPSA) is 76.2 Å². The summed E-state index contributed by atoms with van der Waals surface area (Å²) in [5, 5.41) is 3.93. The van der Waals surface area contributed by atoms with Gasteiger partial charge in [0.15, 0.2) is 0 Å². The van der Waals surface area contributed by atoms with Crippen LogP contribution in [0, 0.1) is 11.8 Å². The second-order valence-electron chi connectivity index (χ2n) is 2.68. The quantitative estimate of drug-likeness (QED) is 0.538. The molecule has 0 fully saturated rings. The summed E-state index contributed by atoms with van der Waals surface area (Å²) in [6.45, 7) is 0.302. The van der Waals surface area contributed by atoms with Gasteiger partial charge in [0.2, 0.25) is 0 Å². The number of nitrogens with zero attached hydrogens (tertiary/aromatic N) is 2. The third-order valence-corrected chi connectivity index (χ3v) is 1.75. The van der Waals surface area contributed by atoms with Crippen LogP contribution in [0.25, 0.3) is 5.52 Å². The van der Waals surface area contributed by atoms with Gasteiger partial charge in [-0.05, 0) is 6.07 Å². The number of H-pyrrole nitrogens is 1. The molecule has 0 unspecified atom stereocenters. The highest BCUT2D eigenvalue weighted by Crippen LogP contribution is 2.01. The molecule has 0 atom stereocenters. The van der Waals surface area contributed by atoms with E-state index in [0.29, 0.717) is 12.1 Å². The average Bonchev–Trinajstić information content (AvgIpc) is 2.59. The molecule has 0 aliphatic heterocycles. The second-order valence-corrected chi connectivity index (χ2v) is 2.68. The molecule has 5 heteroatoms. The van der Waals surface area contributed by atoms with Gasteiger partial charge in [-0.3, -0.25) is 4.79 Å². The van der Waals surface area contributed by atoms with E-state index in [1.54, 1.807) is 12.3 Å². The van der Waals surface area contributed by atoms with Crippen molar-refractivity contribution in [3.63, 3.8) is 0 Å². The van der Waals surface area contributed by atoms with E-state index in [9.17, 15) is 4.79 Å². The highest BCUT2D eigenvalue weighted by Gasteiger charge is 2.00. The number of rotatable bonds is 0. The molecule has 5 nitrogen and oxygen atoms in total. The first-order chi connectivity index (χ1) is 6.81. The lowest BCUT2D eigenvalue weighted by Gasteiger charge is -1.87. The number of nitrogens with one attached hydrogen (secondary N) is 1. The van der Waals surface area contributed by atoms with Crippen LogP contribution in [-0.2, 0) is 0 Å². The SMILES string of the molecule is NCC#Cc1cc2c(=O)[nH]cnn2c1. The summed E-state index contributed by atoms with van der Waals surface area (Å²) in [5.41, 5.74) is 6.27. The lowest BCUT2D eigenvalue weighted by atomic mass is 10.3. The van der Waals surface area contributed by atoms with E-state index in [2.05, 4.69) is 21.9 Å². The van der Waals surface area contributed by atoms with Crippen LogP contribution in [0.5, 0.6) is 0 Å². The van der Waals surface area contributed by atoms with E-state index < -0.39 is 0 Å². The van der Waals surface area contributed by atoms with Crippen molar-refractivity contribution in [3.05, 3.63) is 34.5 Å². The molecule has 3 N–H and O–H groups in total. The first kappa shape index (κ1) is 8.53. The van der Waals surface area contributed by atoms with E-state index in [1.165, 1.54) is 10.8 Å². The lowest BCUT2D eigenvalue weighted by Crippen LogP contribution is -2.09. The zero-order valence-corrected chi connectivity index (χ0v) is 7.32. The summed E-state index contributed by atoms with van der Waals surface area (Å²) in [6.07, 6.45) is 3.03. The lowest BCUT2D eigenvalue weighted by molar-refractivity contribution is 0.888. The Morgan fingerprint density at radius 3 is 3.21 bits per heavy atom. The number of aromatic amines is 1. The van der Waals surface area contributed by atoms with Gasteiger partial charge in [-0.25, -0.2) is 4.52 Å². The van der Waals surface area contributed by atoms with Crippen LogP contribution in [0.3, 0.4) is 0 Å². The molecule has 0 aromatic carbocycles. The van der Waals surface area contributed by atoms with Gasteiger partial charge in [-0.2, -0.15) is 5.10 Å². The fourth-order valence-electron chi connectivity index (χ4n) is 1.16. The molecular formula is C9H8N4O. The number of nitrogens with two attached hydrogens (primary N) is 1. The van der Waals surface area contributed by atoms with Gasteiger partial charge >= 0.3 is 0 Å². The van der Waals surface area contributed by atoms with E-state index in [-0.39, 0.29) is 5.56 Å². The molecular weight excluding hydrogens is 180 g/mol. The van der Waals surface area contributed by atoms with Crippen LogP contribution in [0.1, 0.15) is 5.56 Å². The minimum atomic E-state index is -0.180. The van der Waals surface area contributed by atoms with Crippen LogP contribution in [0.15, 0.2) is 23.4 Å². The minimum absolute atomic E-state index is 0.180. The van der Waals surface area contributed by atoms with Gasteiger partial charge in [0, 0.05) is 11.8 Å². The average molecular weight is 188 g/mol. The first-order valence-electron chi connectivity index (χ1n) is 4.06. The predicted molar refractivity (Wildman–Crippen MR) is 51.7 cm³/mol. The van der Waals surface area contributed by atoms with Crippen LogP contribution < -0.4 is 11.3 Å². The summed E-state index contributed by atoms with van der Waals surface area (Å²) in [5.74, 6) is 5.54. The van der Waals surface area contributed by atoms with Crippen molar-refractivity contribution >= 4 is 5.52 Å². The molecule has 2 rings (SSSR count). The molecule has 0 aliphatic carbocycles. The van der Waals surface area contributed by atoms with Gasteiger partial charge in [0.1, 0.15) is 11.8 Å². The maximum atomic E-state index is 11.3. The molecule has 14 heavy (non-hydrogen) atoms. The Morgan fingerprint density at radius 1 is 1.64 bits per heavy atom. The summed E-state index contributed by atoms with van der Waals surface area (Å²) >= 11 is 0. The number of hydrogen-bond donors (Lipinski definition) is 2. The van der Waals surface area contributed by atoms with Gasteiger partial charge in [-0.15, -0.1) is 0 Å². The van der Waals surface area contributed by atoms with Crippen molar-refractivity contribution in [1.29, 1.82) is 0 Å². The Morgan fingerprint density at radius 2 is 2.50 bits per heavy atom. The van der Waals surface area contributed by atoms with Crippen molar-refractivity contribution in [2.45, 2.75) is 0 Å². The van der Waals surface area contributed by atoms with Gasteiger partial charge in [0.05, 0.1) is 6.54 Å². The normalized spacial score (nSPS) is 9.79. The molecule has 0 aliphatic rings. The van der Waals surface area contributed by atoms with E-state index in [1.807, 2.05) is 0 Å².